The SMILES string of the molecule is O=S(=O)(Nc1ccc(Cl)cc1OCC1CCCCC1)c1ccccc1. The molecule has 1 fully saturated rings. The third kappa shape index (κ3) is 4.89. The summed E-state index contributed by atoms with van der Waals surface area (Å²) < 4.78 is 33.6. The Kier molecular flexibility index (Phi) is 5.86. The fourth-order valence-electron chi connectivity index (χ4n) is 3.06. The van der Waals surface area contributed by atoms with Crippen LogP contribution in [0.4, 0.5) is 5.69 Å². The van der Waals surface area contributed by atoms with Gasteiger partial charge in [0.15, 0.2) is 0 Å². The summed E-state index contributed by atoms with van der Waals surface area (Å²) in [6, 6.07) is 13.2. The normalized spacial score (nSPS) is 15.7. The summed E-state index contributed by atoms with van der Waals surface area (Å²) in [5.74, 6) is 0.990. The summed E-state index contributed by atoms with van der Waals surface area (Å²) >= 11 is 6.07. The summed E-state index contributed by atoms with van der Waals surface area (Å²) in [4.78, 5) is 0.211. The van der Waals surface area contributed by atoms with Crippen LogP contribution >= 0.6 is 11.6 Å². The first kappa shape index (κ1) is 18.1. The molecular weight excluding hydrogens is 358 g/mol. The molecule has 0 heterocycles. The van der Waals surface area contributed by atoms with Crippen molar-refractivity contribution in [3.05, 3.63) is 53.6 Å². The minimum Gasteiger partial charge on any atom is -0.491 e. The number of rotatable bonds is 6. The van der Waals surface area contributed by atoms with Gasteiger partial charge in [0.2, 0.25) is 0 Å². The third-order valence-corrected chi connectivity index (χ3v) is 6.06. The number of hydrogen-bond acceptors (Lipinski definition) is 3. The number of hydrogen-bond donors (Lipinski definition) is 1. The molecule has 0 amide bonds. The largest absolute Gasteiger partial charge is 0.491 e. The second-order valence-electron chi connectivity index (χ2n) is 6.37. The topological polar surface area (TPSA) is 55.4 Å². The first-order valence-corrected chi connectivity index (χ1v) is 10.4. The molecule has 25 heavy (non-hydrogen) atoms. The maximum Gasteiger partial charge on any atom is 0.262 e. The molecule has 0 aromatic heterocycles. The highest BCUT2D eigenvalue weighted by Crippen LogP contribution is 2.32. The molecule has 1 N–H and O–H groups in total. The Bertz CT molecular complexity index is 803. The molecule has 1 aliphatic carbocycles. The molecule has 0 aliphatic heterocycles. The molecule has 0 unspecified atom stereocenters. The Balaban J connectivity index is 1.76. The lowest BCUT2D eigenvalue weighted by Gasteiger charge is -2.22. The van der Waals surface area contributed by atoms with Gasteiger partial charge >= 0.3 is 0 Å². The van der Waals surface area contributed by atoms with Crippen molar-refractivity contribution in [3.8, 4) is 5.75 Å². The standard InChI is InChI=1S/C19H22ClNO3S/c20-16-11-12-18(21-25(22,23)17-9-5-2-6-10-17)19(13-16)24-14-15-7-3-1-4-8-15/h2,5-6,9-13,15,21H,1,3-4,7-8,14H2. The summed E-state index contributed by atoms with van der Waals surface area (Å²) in [7, 11) is -3.66. The molecule has 6 heteroatoms. The Morgan fingerprint density at radius 3 is 2.48 bits per heavy atom. The van der Waals surface area contributed by atoms with E-state index in [-0.39, 0.29) is 4.90 Å². The molecule has 1 aliphatic rings. The quantitative estimate of drug-likeness (QED) is 0.759. The van der Waals surface area contributed by atoms with E-state index in [0.717, 1.165) is 12.8 Å². The second kappa shape index (κ2) is 8.11. The van der Waals surface area contributed by atoms with E-state index in [1.54, 1.807) is 48.5 Å². The number of ether oxygens (including phenoxy) is 1. The fraction of sp³-hybridized carbons (Fsp3) is 0.368. The van der Waals surface area contributed by atoms with Gasteiger partial charge in [-0.25, -0.2) is 8.42 Å². The van der Waals surface area contributed by atoms with Crippen LogP contribution in [0.25, 0.3) is 0 Å². The zero-order valence-electron chi connectivity index (χ0n) is 13.9. The molecule has 0 spiro atoms. The van der Waals surface area contributed by atoms with E-state index in [0.29, 0.717) is 29.0 Å². The van der Waals surface area contributed by atoms with Gasteiger partial charge in [0, 0.05) is 11.1 Å². The van der Waals surface area contributed by atoms with Crippen molar-refractivity contribution in [2.24, 2.45) is 5.92 Å². The summed E-state index contributed by atoms with van der Waals surface area (Å²) in [6.45, 7) is 0.584. The lowest BCUT2D eigenvalue weighted by molar-refractivity contribution is 0.209. The van der Waals surface area contributed by atoms with Crippen molar-refractivity contribution >= 4 is 27.3 Å². The van der Waals surface area contributed by atoms with Gasteiger partial charge in [0.25, 0.3) is 10.0 Å². The number of halogens is 1. The van der Waals surface area contributed by atoms with Crippen LogP contribution in [0.3, 0.4) is 0 Å². The monoisotopic (exact) mass is 379 g/mol. The van der Waals surface area contributed by atoms with Gasteiger partial charge in [-0.2, -0.15) is 0 Å². The Hall–Kier alpha value is -1.72. The number of benzene rings is 2. The molecule has 3 rings (SSSR count). The number of sulfonamides is 1. The fourth-order valence-corrected chi connectivity index (χ4v) is 4.32. The predicted molar refractivity (Wildman–Crippen MR) is 101 cm³/mol. The van der Waals surface area contributed by atoms with Crippen LogP contribution in [0.2, 0.25) is 5.02 Å². The van der Waals surface area contributed by atoms with Gasteiger partial charge in [-0.1, -0.05) is 49.1 Å². The van der Waals surface area contributed by atoms with Gasteiger partial charge in [-0.05, 0) is 43.0 Å². The minimum absolute atomic E-state index is 0.211. The second-order valence-corrected chi connectivity index (χ2v) is 8.49. The van der Waals surface area contributed by atoms with E-state index in [4.69, 9.17) is 16.3 Å². The molecule has 1 saturated carbocycles. The van der Waals surface area contributed by atoms with Gasteiger partial charge in [-0.15, -0.1) is 0 Å². The Morgan fingerprint density at radius 2 is 1.76 bits per heavy atom. The smallest absolute Gasteiger partial charge is 0.262 e. The van der Waals surface area contributed by atoms with E-state index < -0.39 is 10.0 Å². The molecule has 0 bridgehead atoms. The lowest BCUT2D eigenvalue weighted by atomic mass is 9.90. The van der Waals surface area contributed by atoms with Crippen molar-refractivity contribution < 1.29 is 13.2 Å². The number of nitrogens with one attached hydrogen (secondary N) is 1. The van der Waals surface area contributed by atoms with Crippen LogP contribution in [0, 0.1) is 5.92 Å². The molecule has 134 valence electrons. The summed E-state index contributed by atoms with van der Waals surface area (Å²) in [5.41, 5.74) is 0.407. The highest BCUT2D eigenvalue weighted by molar-refractivity contribution is 7.92. The zero-order valence-corrected chi connectivity index (χ0v) is 15.5. The summed E-state index contributed by atoms with van der Waals surface area (Å²) in [5, 5.41) is 0.515. The number of anilines is 1. The molecule has 0 saturated heterocycles. The first-order valence-electron chi connectivity index (χ1n) is 8.55. The highest BCUT2D eigenvalue weighted by atomic mass is 35.5. The van der Waals surface area contributed by atoms with Gasteiger partial charge in [0.1, 0.15) is 5.75 Å². The first-order chi connectivity index (χ1) is 12.0. The van der Waals surface area contributed by atoms with Crippen molar-refractivity contribution in [2.45, 2.75) is 37.0 Å². The Labute approximate surface area is 154 Å². The average molecular weight is 380 g/mol. The molecule has 0 radical (unpaired) electrons. The Morgan fingerprint density at radius 1 is 1.04 bits per heavy atom. The third-order valence-electron chi connectivity index (χ3n) is 4.44. The zero-order chi connectivity index (χ0) is 17.7. The van der Waals surface area contributed by atoms with Crippen LogP contribution in [-0.2, 0) is 10.0 Å². The van der Waals surface area contributed by atoms with Crippen LogP contribution in [0.15, 0.2) is 53.4 Å². The van der Waals surface area contributed by atoms with Gasteiger partial charge in [0.05, 0.1) is 17.2 Å². The van der Waals surface area contributed by atoms with E-state index in [2.05, 4.69) is 4.72 Å². The maximum atomic E-state index is 12.5. The summed E-state index contributed by atoms with van der Waals surface area (Å²) in [6.07, 6.45) is 6.07. The van der Waals surface area contributed by atoms with E-state index in [1.807, 2.05) is 0 Å². The van der Waals surface area contributed by atoms with Gasteiger partial charge < -0.3 is 4.74 Å². The molecule has 2 aromatic carbocycles. The van der Waals surface area contributed by atoms with Crippen LogP contribution in [0.5, 0.6) is 5.75 Å². The molecular formula is C19H22ClNO3S. The van der Waals surface area contributed by atoms with Crippen LogP contribution in [0.1, 0.15) is 32.1 Å². The van der Waals surface area contributed by atoms with E-state index in [9.17, 15) is 8.42 Å². The average Bonchev–Trinajstić information content (AvgIpc) is 2.63. The minimum atomic E-state index is -3.66. The predicted octanol–water partition coefficient (Wildman–Crippen LogP) is 5.10. The van der Waals surface area contributed by atoms with Crippen molar-refractivity contribution in [1.29, 1.82) is 0 Å². The maximum absolute atomic E-state index is 12.5. The van der Waals surface area contributed by atoms with Gasteiger partial charge in [-0.3, -0.25) is 4.72 Å². The molecule has 0 atom stereocenters. The molecule has 4 nitrogen and oxygen atoms in total. The van der Waals surface area contributed by atoms with Crippen molar-refractivity contribution in [2.75, 3.05) is 11.3 Å². The highest BCUT2D eigenvalue weighted by Gasteiger charge is 2.18. The van der Waals surface area contributed by atoms with Crippen molar-refractivity contribution in [1.82, 2.24) is 0 Å². The van der Waals surface area contributed by atoms with Crippen LogP contribution < -0.4 is 9.46 Å². The molecule has 2 aromatic rings. The lowest BCUT2D eigenvalue weighted by Crippen LogP contribution is -2.17. The van der Waals surface area contributed by atoms with Crippen molar-refractivity contribution in [3.63, 3.8) is 0 Å². The van der Waals surface area contributed by atoms with E-state index in [1.165, 1.54) is 19.3 Å². The van der Waals surface area contributed by atoms with Crippen LogP contribution in [-0.4, -0.2) is 15.0 Å². The van der Waals surface area contributed by atoms with E-state index >= 15 is 0 Å².